The standard InChI is InChI=1S/C11H18N4O/c1-7(2)5-10(16)13-11-8-3-4-12-6-9(8)14-15-11/h7,12H,3-6H2,1-2H3,(H2,13,14,15,16). The molecule has 88 valence electrons. The van der Waals surface area contributed by atoms with Gasteiger partial charge in [0, 0.05) is 18.5 Å². The fraction of sp³-hybridized carbons (Fsp3) is 0.636. The molecule has 0 atom stereocenters. The van der Waals surface area contributed by atoms with E-state index in [-0.39, 0.29) is 5.91 Å². The van der Waals surface area contributed by atoms with Gasteiger partial charge in [-0.25, -0.2) is 0 Å². The van der Waals surface area contributed by atoms with Crippen LogP contribution in [-0.4, -0.2) is 22.6 Å². The van der Waals surface area contributed by atoms with Gasteiger partial charge in [0.05, 0.1) is 5.69 Å². The summed E-state index contributed by atoms with van der Waals surface area (Å²) in [4.78, 5) is 11.6. The largest absolute Gasteiger partial charge is 0.311 e. The molecular formula is C11H18N4O. The Kier molecular flexibility index (Phi) is 3.24. The van der Waals surface area contributed by atoms with Crippen molar-refractivity contribution in [3.63, 3.8) is 0 Å². The van der Waals surface area contributed by atoms with Crippen molar-refractivity contribution in [1.82, 2.24) is 15.5 Å². The molecule has 0 spiro atoms. The average Bonchev–Trinajstić information content (AvgIpc) is 2.61. The highest BCUT2D eigenvalue weighted by Crippen LogP contribution is 2.20. The molecule has 5 heteroatoms. The Morgan fingerprint density at radius 3 is 3.12 bits per heavy atom. The summed E-state index contributed by atoms with van der Waals surface area (Å²) in [6, 6.07) is 0. The van der Waals surface area contributed by atoms with Crippen molar-refractivity contribution in [2.45, 2.75) is 33.2 Å². The molecule has 3 N–H and O–H groups in total. The van der Waals surface area contributed by atoms with E-state index in [2.05, 4.69) is 20.8 Å². The molecule has 5 nitrogen and oxygen atoms in total. The SMILES string of the molecule is CC(C)CC(=O)Nc1n[nH]c2c1CCNC2. The summed E-state index contributed by atoms with van der Waals surface area (Å²) in [6.45, 7) is 5.81. The van der Waals surface area contributed by atoms with E-state index < -0.39 is 0 Å². The van der Waals surface area contributed by atoms with Crippen molar-refractivity contribution in [2.75, 3.05) is 11.9 Å². The third-order valence-electron chi connectivity index (χ3n) is 2.66. The molecule has 0 radical (unpaired) electrons. The molecule has 0 unspecified atom stereocenters. The van der Waals surface area contributed by atoms with Gasteiger partial charge >= 0.3 is 0 Å². The van der Waals surface area contributed by atoms with E-state index in [1.165, 1.54) is 0 Å². The zero-order valence-electron chi connectivity index (χ0n) is 9.76. The first kappa shape index (κ1) is 11.1. The number of H-pyrrole nitrogens is 1. The topological polar surface area (TPSA) is 69.8 Å². The molecule has 1 aromatic rings. The Morgan fingerprint density at radius 1 is 1.56 bits per heavy atom. The van der Waals surface area contributed by atoms with Crippen LogP contribution in [0.5, 0.6) is 0 Å². The molecule has 0 saturated heterocycles. The maximum absolute atomic E-state index is 11.6. The van der Waals surface area contributed by atoms with Gasteiger partial charge in [0.25, 0.3) is 0 Å². The lowest BCUT2D eigenvalue weighted by molar-refractivity contribution is -0.116. The third kappa shape index (κ3) is 2.41. The smallest absolute Gasteiger partial charge is 0.225 e. The zero-order valence-corrected chi connectivity index (χ0v) is 9.76. The number of rotatable bonds is 3. The van der Waals surface area contributed by atoms with Crippen molar-refractivity contribution in [3.05, 3.63) is 11.3 Å². The van der Waals surface area contributed by atoms with Crippen LogP contribution in [0.1, 0.15) is 31.5 Å². The van der Waals surface area contributed by atoms with E-state index in [0.29, 0.717) is 18.2 Å². The second kappa shape index (κ2) is 4.65. The predicted octanol–water partition coefficient (Wildman–Crippen LogP) is 1.04. The van der Waals surface area contributed by atoms with Gasteiger partial charge < -0.3 is 10.6 Å². The number of fused-ring (bicyclic) bond motifs is 1. The Bertz CT molecular complexity index is 383. The number of carbonyl (C=O) groups is 1. The Morgan fingerprint density at radius 2 is 2.38 bits per heavy atom. The molecule has 1 amide bonds. The van der Waals surface area contributed by atoms with Gasteiger partial charge in [-0.1, -0.05) is 13.8 Å². The average molecular weight is 222 g/mol. The first-order chi connectivity index (χ1) is 7.66. The summed E-state index contributed by atoms with van der Waals surface area (Å²) in [7, 11) is 0. The number of amides is 1. The lowest BCUT2D eigenvalue weighted by atomic mass is 10.1. The fourth-order valence-corrected chi connectivity index (χ4v) is 1.90. The van der Waals surface area contributed by atoms with Gasteiger partial charge in [-0.05, 0) is 18.9 Å². The van der Waals surface area contributed by atoms with Crippen LogP contribution < -0.4 is 10.6 Å². The highest BCUT2D eigenvalue weighted by molar-refractivity contribution is 5.90. The van der Waals surface area contributed by atoms with Gasteiger partial charge in [0.2, 0.25) is 5.91 Å². The van der Waals surface area contributed by atoms with Gasteiger partial charge in [-0.2, -0.15) is 5.10 Å². The highest BCUT2D eigenvalue weighted by atomic mass is 16.1. The van der Waals surface area contributed by atoms with Gasteiger partial charge in [0.15, 0.2) is 5.82 Å². The van der Waals surface area contributed by atoms with Crippen molar-refractivity contribution >= 4 is 11.7 Å². The lowest BCUT2D eigenvalue weighted by Gasteiger charge is -2.13. The predicted molar refractivity (Wildman–Crippen MR) is 62.1 cm³/mol. The minimum absolute atomic E-state index is 0.0443. The van der Waals surface area contributed by atoms with Gasteiger partial charge in [-0.3, -0.25) is 9.89 Å². The molecule has 0 fully saturated rings. The summed E-state index contributed by atoms with van der Waals surface area (Å²) in [6.07, 6.45) is 1.46. The molecular weight excluding hydrogens is 204 g/mol. The minimum atomic E-state index is 0.0443. The first-order valence-electron chi connectivity index (χ1n) is 5.73. The Hall–Kier alpha value is -1.36. The van der Waals surface area contributed by atoms with Crippen LogP contribution in [-0.2, 0) is 17.8 Å². The third-order valence-corrected chi connectivity index (χ3v) is 2.66. The molecule has 0 saturated carbocycles. The van der Waals surface area contributed by atoms with E-state index in [9.17, 15) is 4.79 Å². The monoisotopic (exact) mass is 222 g/mol. The molecule has 1 aliphatic heterocycles. The maximum Gasteiger partial charge on any atom is 0.225 e. The zero-order chi connectivity index (χ0) is 11.5. The summed E-state index contributed by atoms with van der Waals surface area (Å²) in [5, 5.41) is 13.2. The van der Waals surface area contributed by atoms with Crippen molar-refractivity contribution in [2.24, 2.45) is 5.92 Å². The van der Waals surface area contributed by atoms with E-state index in [0.717, 1.165) is 30.8 Å². The molecule has 1 aromatic heterocycles. The van der Waals surface area contributed by atoms with E-state index in [1.807, 2.05) is 13.8 Å². The number of nitrogens with one attached hydrogen (secondary N) is 3. The van der Waals surface area contributed by atoms with Crippen LogP contribution in [0.15, 0.2) is 0 Å². The normalized spacial score (nSPS) is 14.9. The summed E-state index contributed by atoms with van der Waals surface area (Å²) in [5.74, 6) is 1.13. The molecule has 0 aromatic carbocycles. The molecule has 2 heterocycles. The van der Waals surface area contributed by atoms with Crippen LogP contribution in [0.3, 0.4) is 0 Å². The van der Waals surface area contributed by atoms with Crippen LogP contribution in [0, 0.1) is 5.92 Å². The molecule has 16 heavy (non-hydrogen) atoms. The van der Waals surface area contributed by atoms with Gasteiger partial charge in [-0.15, -0.1) is 0 Å². The number of nitrogens with zero attached hydrogens (tertiary/aromatic N) is 1. The number of aromatic nitrogens is 2. The van der Waals surface area contributed by atoms with E-state index >= 15 is 0 Å². The van der Waals surface area contributed by atoms with E-state index in [1.54, 1.807) is 0 Å². The van der Waals surface area contributed by atoms with Crippen molar-refractivity contribution < 1.29 is 4.79 Å². The highest BCUT2D eigenvalue weighted by Gasteiger charge is 2.18. The van der Waals surface area contributed by atoms with Crippen LogP contribution in [0.2, 0.25) is 0 Å². The first-order valence-corrected chi connectivity index (χ1v) is 5.73. The quantitative estimate of drug-likeness (QED) is 0.715. The van der Waals surface area contributed by atoms with Crippen LogP contribution in [0.4, 0.5) is 5.82 Å². The lowest BCUT2D eigenvalue weighted by Crippen LogP contribution is -2.24. The van der Waals surface area contributed by atoms with Crippen molar-refractivity contribution in [1.29, 1.82) is 0 Å². The molecule has 2 rings (SSSR count). The molecule has 1 aliphatic rings. The number of aromatic amines is 1. The fourth-order valence-electron chi connectivity index (χ4n) is 1.90. The second-order valence-electron chi connectivity index (χ2n) is 4.60. The van der Waals surface area contributed by atoms with Crippen molar-refractivity contribution in [3.8, 4) is 0 Å². The Labute approximate surface area is 95.0 Å². The summed E-state index contributed by atoms with van der Waals surface area (Å²) in [5.41, 5.74) is 2.24. The van der Waals surface area contributed by atoms with Crippen LogP contribution in [0.25, 0.3) is 0 Å². The minimum Gasteiger partial charge on any atom is -0.311 e. The summed E-state index contributed by atoms with van der Waals surface area (Å²) < 4.78 is 0. The number of hydrogen-bond donors (Lipinski definition) is 3. The maximum atomic E-state index is 11.6. The number of carbonyl (C=O) groups excluding carboxylic acids is 1. The van der Waals surface area contributed by atoms with Gasteiger partial charge in [0.1, 0.15) is 0 Å². The molecule has 0 bridgehead atoms. The number of anilines is 1. The Balaban J connectivity index is 2.04. The summed E-state index contributed by atoms with van der Waals surface area (Å²) >= 11 is 0. The molecule has 0 aliphatic carbocycles. The van der Waals surface area contributed by atoms with Crippen LogP contribution >= 0.6 is 0 Å². The number of hydrogen-bond acceptors (Lipinski definition) is 3. The second-order valence-corrected chi connectivity index (χ2v) is 4.60. The van der Waals surface area contributed by atoms with E-state index in [4.69, 9.17) is 0 Å².